The highest BCUT2D eigenvalue weighted by Crippen LogP contribution is 2.26. The lowest BCUT2D eigenvalue weighted by atomic mass is 10.2. The molecular formula is C19H17ClN2O4. The van der Waals surface area contributed by atoms with Gasteiger partial charge >= 0.3 is 11.9 Å². The predicted molar refractivity (Wildman–Crippen MR) is 98.4 cm³/mol. The summed E-state index contributed by atoms with van der Waals surface area (Å²) < 4.78 is 10.4. The molecule has 0 unspecified atom stereocenters. The van der Waals surface area contributed by atoms with Crippen molar-refractivity contribution in [2.75, 3.05) is 10.6 Å². The van der Waals surface area contributed by atoms with Crippen LogP contribution < -0.4 is 10.6 Å². The average molecular weight is 373 g/mol. The summed E-state index contributed by atoms with van der Waals surface area (Å²) in [6.45, 7) is 2.99. The summed E-state index contributed by atoms with van der Waals surface area (Å²) in [6, 6.07) is 15.9. The van der Waals surface area contributed by atoms with Crippen LogP contribution in [0.5, 0.6) is 0 Å². The van der Waals surface area contributed by atoms with Gasteiger partial charge in [-0.2, -0.15) is 0 Å². The van der Waals surface area contributed by atoms with E-state index < -0.39 is 17.7 Å². The van der Waals surface area contributed by atoms with Crippen molar-refractivity contribution in [1.82, 2.24) is 0 Å². The smallest absolute Gasteiger partial charge is 0.352 e. The van der Waals surface area contributed by atoms with Gasteiger partial charge in [0.05, 0.1) is 0 Å². The van der Waals surface area contributed by atoms with Gasteiger partial charge in [-0.3, -0.25) is 0 Å². The Hall–Kier alpha value is -2.99. The van der Waals surface area contributed by atoms with Crippen LogP contribution in [0.4, 0.5) is 11.4 Å². The van der Waals surface area contributed by atoms with Gasteiger partial charge in [0.2, 0.25) is 0 Å². The van der Waals surface area contributed by atoms with Gasteiger partial charge in [0, 0.05) is 30.2 Å². The highest BCUT2D eigenvalue weighted by molar-refractivity contribution is 6.30. The lowest BCUT2D eigenvalue weighted by Crippen LogP contribution is -2.43. The van der Waals surface area contributed by atoms with Crippen LogP contribution in [0.1, 0.15) is 13.8 Å². The van der Waals surface area contributed by atoms with Crippen molar-refractivity contribution in [3.8, 4) is 0 Å². The van der Waals surface area contributed by atoms with Crippen molar-refractivity contribution >= 4 is 34.9 Å². The Bertz CT molecular complexity index is 839. The van der Waals surface area contributed by atoms with E-state index in [4.69, 9.17) is 21.1 Å². The number of hydrogen-bond acceptors (Lipinski definition) is 6. The van der Waals surface area contributed by atoms with E-state index in [1.165, 1.54) is 13.8 Å². The van der Waals surface area contributed by atoms with Gasteiger partial charge in [0.25, 0.3) is 5.79 Å². The first-order valence-corrected chi connectivity index (χ1v) is 8.27. The van der Waals surface area contributed by atoms with Gasteiger partial charge in [0.1, 0.15) is 5.82 Å². The van der Waals surface area contributed by atoms with Crippen molar-refractivity contribution in [3.05, 3.63) is 71.0 Å². The van der Waals surface area contributed by atoms with Crippen LogP contribution in [0.25, 0.3) is 0 Å². The van der Waals surface area contributed by atoms with Crippen LogP contribution in [0.3, 0.4) is 0 Å². The Morgan fingerprint density at radius 3 is 1.88 bits per heavy atom. The summed E-state index contributed by atoms with van der Waals surface area (Å²) in [4.78, 5) is 24.8. The zero-order valence-corrected chi connectivity index (χ0v) is 15.0. The fraction of sp³-hybridized carbons (Fsp3) is 0.158. The van der Waals surface area contributed by atoms with E-state index in [-0.39, 0.29) is 11.4 Å². The third-order valence-corrected chi connectivity index (χ3v) is 3.74. The number of para-hydroxylation sites is 1. The van der Waals surface area contributed by atoms with Gasteiger partial charge in [-0.25, -0.2) is 9.59 Å². The third-order valence-electron chi connectivity index (χ3n) is 3.49. The quantitative estimate of drug-likeness (QED) is 0.481. The highest BCUT2D eigenvalue weighted by Gasteiger charge is 2.41. The molecule has 2 aromatic rings. The lowest BCUT2D eigenvalue weighted by Gasteiger charge is -2.31. The number of anilines is 2. The second-order valence-corrected chi connectivity index (χ2v) is 6.49. The molecule has 134 valence electrons. The molecule has 0 amide bonds. The molecule has 26 heavy (non-hydrogen) atoms. The van der Waals surface area contributed by atoms with E-state index in [1.54, 1.807) is 36.4 Å². The number of cyclic esters (lactones) is 2. The van der Waals surface area contributed by atoms with Crippen LogP contribution >= 0.6 is 11.6 Å². The molecular weight excluding hydrogens is 356 g/mol. The van der Waals surface area contributed by atoms with E-state index in [9.17, 15) is 9.59 Å². The van der Waals surface area contributed by atoms with Gasteiger partial charge in [0.15, 0.2) is 5.57 Å². The summed E-state index contributed by atoms with van der Waals surface area (Å²) in [5.41, 5.74) is 1.07. The first-order valence-electron chi connectivity index (χ1n) is 7.90. The molecule has 0 bridgehead atoms. The fourth-order valence-electron chi connectivity index (χ4n) is 2.36. The molecule has 0 saturated carbocycles. The largest absolute Gasteiger partial charge is 0.419 e. The first kappa shape index (κ1) is 17.8. The summed E-state index contributed by atoms with van der Waals surface area (Å²) >= 11 is 5.90. The van der Waals surface area contributed by atoms with Crippen molar-refractivity contribution in [2.45, 2.75) is 19.6 Å². The number of benzene rings is 2. The summed E-state index contributed by atoms with van der Waals surface area (Å²) in [5, 5.41) is 6.62. The molecule has 1 heterocycles. The third kappa shape index (κ3) is 4.15. The molecule has 2 N–H and O–H groups in total. The zero-order chi connectivity index (χ0) is 18.7. The van der Waals surface area contributed by atoms with E-state index >= 15 is 0 Å². The van der Waals surface area contributed by atoms with Gasteiger partial charge in [-0.05, 0) is 36.4 Å². The topological polar surface area (TPSA) is 76.7 Å². The van der Waals surface area contributed by atoms with E-state index in [1.807, 2.05) is 18.2 Å². The van der Waals surface area contributed by atoms with Crippen LogP contribution in [0, 0.1) is 0 Å². The monoisotopic (exact) mass is 372 g/mol. The average Bonchev–Trinajstić information content (AvgIpc) is 2.56. The number of rotatable bonds is 4. The number of esters is 2. The highest BCUT2D eigenvalue weighted by atomic mass is 35.5. The number of carbonyl (C=O) groups excluding carboxylic acids is 2. The van der Waals surface area contributed by atoms with E-state index in [0.717, 1.165) is 0 Å². The Labute approximate surface area is 155 Å². The molecule has 0 aliphatic carbocycles. The maximum atomic E-state index is 12.4. The van der Waals surface area contributed by atoms with Gasteiger partial charge in [-0.1, -0.05) is 29.8 Å². The standard InChI is InChI=1S/C19H17ClN2O4/c1-19(2)25-17(23)15(18(24)26-19)16(21-13-6-4-3-5-7-13)22-14-10-8-12(20)9-11-14/h3-11,21-22H,1-2H3. The molecule has 0 aromatic heterocycles. The molecule has 1 saturated heterocycles. The Morgan fingerprint density at radius 2 is 1.35 bits per heavy atom. The second kappa shape index (κ2) is 7.09. The van der Waals surface area contributed by atoms with Crippen molar-refractivity contribution in [3.63, 3.8) is 0 Å². The normalized spacial score (nSPS) is 15.7. The van der Waals surface area contributed by atoms with Crippen LogP contribution in [0.15, 0.2) is 66.0 Å². The minimum atomic E-state index is -1.31. The number of ether oxygens (including phenoxy) is 2. The molecule has 1 aliphatic rings. The van der Waals surface area contributed by atoms with Crippen LogP contribution in [-0.2, 0) is 19.1 Å². The minimum absolute atomic E-state index is 0.157. The molecule has 3 rings (SSSR count). The van der Waals surface area contributed by atoms with Crippen molar-refractivity contribution in [1.29, 1.82) is 0 Å². The Kier molecular flexibility index (Phi) is 4.86. The summed E-state index contributed by atoms with van der Waals surface area (Å²) in [7, 11) is 0. The minimum Gasteiger partial charge on any atom is -0.419 e. The van der Waals surface area contributed by atoms with E-state index in [2.05, 4.69) is 10.6 Å². The number of nitrogens with one attached hydrogen (secondary N) is 2. The number of carbonyl (C=O) groups is 2. The number of halogens is 1. The predicted octanol–water partition coefficient (Wildman–Crippen LogP) is 3.91. The molecule has 0 spiro atoms. The SMILES string of the molecule is CC1(C)OC(=O)C(=C(Nc2ccccc2)Nc2ccc(Cl)cc2)C(=O)O1. The maximum Gasteiger partial charge on any atom is 0.352 e. The molecule has 0 radical (unpaired) electrons. The molecule has 1 aliphatic heterocycles. The zero-order valence-electron chi connectivity index (χ0n) is 14.2. The molecule has 0 atom stereocenters. The summed E-state index contributed by atoms with van der Waals surface area (Å²) in [5.74, 6) is -2.70. The van der Waals surface area contributed by atoms with Crippen LogP contribution in [0.2, 0.25) is 5.02 Å². The first-order chi connectivity index (χ1) is 12.3. The molecule has 2 aromatic carbocycles. The molecule has 7 heteroatoms. The van der Waals surface area contributed by atoms with Crippen molar-refractivity contribution < 1.29 is 19.1 Å². The Morgan fingerprint density at radius 1 is 0.846 bits per heavy atom. The summed E-state index contributed by atoms with van der Waals surface area (Å²) in [6.07, 6.45) is 0. The molecule has 6 nitrogen and oxygen atoms in total. The van der Waals surface area contributed by atoms with Crippen LogP contribution in [-0.4, -0.2) is 17.7 Å². The van der Waals surface area contributed by atoms with Gasteiger partial charge < -0.3 is 20.1 Å². The lowest BCUT2D eigenvalue weighted by molar-refractivity contribution is -0.222. The second-order valence-electron chi connectivity index (χ2n) is 6.05. The van der Waals surface area contributed by atoms with E-state index in [0.29, 0.717) is 16.4 Å². The maximum absolute atomic E-state index is 12.4. The van der Waals surface area contributed by atoms with Crippen molar-refractivity contribution in [2.24, 2.45) is 0 Å². The Balaban J connectivity index is 2.00. The molecule has 1 fully saturated rings. The van der Waals surface area contributed by atoms with Gasteiger partial charge in [-0.15, -0.1) is 0 Å². The fourth-order valence-corrected chi connectivity index (χ4v) is 2.48. The number of hydrogen-bond donors (Lipinski definition) is 2.